The van der Waals surface area contributed by atoms with Crippen molar-refractivity contribution < 1.29 is 27.8 Å². The Balaban J connectivity index is 0.000000279. The molecular weight excluding hydrogens is 395 g/mol. The molecule has 0 bridgehead atoms. The molecule has 2 saturated heterocycles. The third-order valence-corrected chi connectivity index (χ3v) is 6.77. The van der Waals surface area contributed by atoms with Gasteiger partial charge in [-0.25, -0.2) is 4.79 Å². The van der Waals surface area contributed by atoms with Gasteiger partial charge >= 0.3 is 12.1 Å². The van der Waals surface area contributed by atoms with Gasteiger partial charge in [-0.2, -0.15) is 18.3 Å². The van der Waals surface area contributed by atoms with Gasteiger partial charge in [0.1, 0.15) is 0 Å². The zero-order chi connectivity index (χ0) is 20.5. The quantitative estimate of drug-likeness (QED) is 0.789. The Bertz CT molecular complexity index is 700. The number of halogens is 3. The number of carboxylic acid groups (broad SMARTS) is 1. The van der Waals surface area contributed by atoms with Crippen LogP contribution in [0.25, 0.3) is 0 Å². The fourth-order valence-electron chi connectivity index (χ4n) is 3.61. The smallest absolute Gasteiger partial charge is 0.475 e. The fourth-order valence-corrected chi connectivity index (χ4v) is 5.21. The summed E-state index contributed by atoms with van der Waals surface area (Å²) in [4.78, 5) is 11.4. The molecule has 1 aliphatic carbocycles. The van der Waals surface area contributed by atoms with E-state index in [0.29, 0.717) is 10.9 Å². The lowest BCUT2D eigenvalue weighted by Gasteiger charge is -2.47. The first-order chi connectivity index (χ1) is 13.1. The highest BCUT2D eigenvalue weighted by molar-refractivity contribution is 8.01. The average molecular weight is 421 g/mol. The normalized spacial score (nSPS) is 24.0. The maximum absolute atomic E-state index is 10.6. The van der Waals surface area contributed by atoms with Crippen LogP contribution >= 0.6 is 11.8 Å². The van der Waals surface area contributed by atoms with Crippen LogP contribution in [-0.2, 0) is 23.1 Å². The lowest BCUT2D eigenvalue weighted by molar-refractivity contribution is -0.192. The molecule has 1 saturated carbocycles. The summed E-state index contributed by atoms with van der Waals surface area (Å²) in [6, 6.07) is 2.20. The molecule has 1 atom stereocenters. The number of rotatable bonds is 5. The zero-order valence-corrected chi connectivity index (χ0v) is 16.9. The van der Waals surface area contributed by atoms with E-state index in [4.69, 9.17) is 14.6 Å². The Morgan fingerprint density at radius 2 is 2.07 bits per heavy atom. The van der Waals surface area contributed by atoms with Gasteiger partial charge in [-0.05, 0) is 38.2 Å². The van der Waals surface area contributed by atoms with E-state index >= 15 is 0 Å². The molecule has 28 heavy (non-hydrogen) atoms. The first-order valence-electron chi connectivity index (χ1n) is 9.34. The fraction of sp³-hybridized carbons (Fsp3) is 0.778. The molecule has 1 aromatic rings. The van der Waals surface area contributed by atoms with E-state index in [1.807, 2.05) is 11.7 Å². The number of carboxylic acids is 1. The number of ether oxygens (including phenoxy) is 1. The number of nitrogens with zero attached hydrogens (tertiary/aromatic N) is 3. The van der Waals surface area contributed by atoms with Gasteiger partial charge in [0.05, 0.1) is 17.5 Å². The maximum atomic E-state index is 10.6. The first kappa shape index (κ1) is 21.4. The molecule has 1 unspecified atom stereocenters. The molecule has 1 N–H and O–H groups in total. The number of alkyl halides is 3. The summed E-state index contributed by atoms with van der Waals surface area (Å²) in [5.74, 6) is -0.671. The van der Waals surface area contributed by atoms with Gasteiger partial charge < -0.3 is 9.84 Å². The summed E-state index contributed by atoms with van der Waals surface area (Å²) < 4.78 is 40.3. The SMILES string of the molecule is Cc1cc(CN2CC3(CC(OCC4CC4)CS3)C2)n(C)n1.O=C(O)C(F)(F)F. The van der Waals surface area contributed by atoms with Gasteiger partial charge in [-0.15, -0.1) is 11.8 Å². The highest BCUT2D eigenvalue weighted by Gasteiger charge is 2.49. The van der Waals surface area contributed by atoms with E-state index in [-0.39, 0.29) is 0 Å². The van der Waals surface area contributed by atoms with Crippen LogP contribution in [0.2, 0.25) is 0 Å². The van der Waals surface area contributed by atoms with Crippen LogP contribution in [0.4, 0.5) is 13.2 Å². The predicted molar refractivity (Wildman–Crippen MR) is 99.2 cm³/mol. The average Bonchev–Trinajstić information content (AvgIpc) is 3.21. The Hall–Kier alpha value is -1.26. The van der Waals surface area contributed by atoms with Crippen molar-refractivity contribution in [3.05, 3.63) is 17.5 Å². The summed E-state index contributed by atoms with van der Waals surface area (Å²) in [5, 5.41) is 11.6. The lowest BCUT2D eigenvalue weighted by atomic mass is 9.93. The van der Waals surface area contributed by atoms with Crippen molar-refractivity contribution in [3.63, 3.8) is 0 Å². The number of thioether (sulfide) groups is 1. The molecule has 0 amide bonds. The molecule has 3 heterocycles. The topological polar surface area (TPSA) is 67.6 Å². The van der Waals surface area contributed by atoms with Crippen molar-refractivity contribution in [1.29, 1.82) is 0 Å². The number of aliphatic carboxylic acids is 1. The van der Waals surface area contributed by atoms with E-state index in [2.05, 4.69) is 34.8 Å². The Labute approximate surface area is 166 Å². The number of hydrogen-bond acceptors (Lipinski definition) is 5. The largest absolute Gasteiger partial charge is 0.490 e. The molecule has 2 aliphatic heterocycles. The molecule has 0 aromatic carbocycles. The van der Waals surface area contributed by atoms with Gasteiger partial charge in [0.25, 0.3) is 0 Å². The standard InChI is InChI=1S/C16H25N3OS.C2HF3O2/c1-12-5-14(18(2)17-12)7-19-10-16(11-19)6-15(9-21-16)20-8-13-3-4-13;3-2(4,5)1(6)7/h5,13,15H,3-4,6-11H2,1-2H3;(H,6,7). The summed E-state index contributed by atoms with van der Waals surface area (Å²) >= 11 is 2.15. The van der Waals surface area contributed by atoms with Gasteiger partial charge in [0, 0.05) is 43.8 Å². The summed E-state index contributed by atoms with van der Waals surface area (Å²) in [7, 11) is 2.05. The zero-order valence-electron chi connectivity index (χ0n) is 16.0. The van der Waals surface area contributed by atoms with E-state index in [9.17, 15) is 13.2 Å². The van der Waals surface area contributed by atoms with Gasteiger partial charge in [-0.1, -0.05) is 0 Å². The maximum Gasteiger partial charge on any atom is 0.490 e. The molecule has 3 fully saturated rings. The number of aromatic nitrogens is 2. The minimum Gasteiger partial charge on any atom is -0.475 e. The van der Waals surface area contributed by atoms with Gasteiger partial charge in [0.2, 0.25) is 0 Å². The van der Waals surface area contributed by atoms with E-state index in [0.717, 1.165) is 24.8 Å². The van der Waals surface area contributed by atoms with Crippen molar-refractivity contribution >= 4 is 17.7 Å². The van der Waals surface area contributed by atoms with Crippen LogP contribution in [0, 0.1) is 12.8 Å². The number of aryl methyl sites for hydroxylation is 2. The molecule has 4 rings (SSSR count). The first-order valence-corrected chi connectivity index (χ1v) is 10.3. The second kappa shape index (κ2) is 8.23. The highest BCUT2D eigenvalue weighted by atomic mass is 32.2. The third-order valence-electron chi connectivity index (χ3n) is 5.19. The van der Waals surface area contributed by atoms with Crippen molar-refractivity contribution in [2.75, 3.05) is 25.4 Å². The number of carbonyl (C=O) groups is 1. The lowest BCUT2D eigenvalue weighted by Crippen LogP contribution is -2.58. The van der Waals surface area contributed by atoms with Crippen molar-refractivity contribution in [3.8, 4) is 0 Å². The predicted octanol–water partition coefficient (Wildman–Crippen LogP) is 2.85. The minimum absolute atomic E-state index is 0.488. The summed E-state index contributed by atoms with van der Waals surface area (Å²) in [5.41, 5.74) is 2.44. The molecule has 158 valence electrons. The van der Waals surface area contributed by atoms with Crippen molar-refractivity contribution in [1.82, 2.24) is 14.7 Å². The monoisotopic (exact) mass is 421 g/mol. The third kappa shape index (κ3) is 5.64. The molecule has 0 radical (unpaired) electrons. The molecule has 3 aliphatic rings. The van der Waals surface area contributed by atoms with Crippen LogP contribution in [-0.4, -0.2) is 68.2 Å². The molecule has 1 spiro atoms. The van der Waals surface area contributed by atoms with Crippen LogP contribution < -0.4 is 0 Å². The molecule has 6 nitrogen and oxygen atoms in total. The molecular formula is C18H26F3N3O3S. The van der Waals surface area contributed by atoms with Crippen LogP contribution in [0.15, 0.2) is 6.07 Å². The minimum atomic E-state index is -5.08. The van der Waals surface area contributed by atoms with Gasteiger partial charge in [-0.3, -0.25) is 9.58 Å². The highest BCUT2D eigenvalue weighted by Crippen LogP contribution is 2.46. The Morgan fingerprint density at radius 3 is 2.57 bits per heavy atom. The van der Waals surface area contributed by atoms with Crippen molar-refractivity contribution in [2.45, 2.75) is 49.8 Å². The number of hydrogen-bond donors (Lipinski definition) is 1. The van der Waals surface area contributed by atoms with Crippen molar-refractivity contribution in [2.24, 2.45) is 13.0 Å². The van der Waals surface area contributed by atoms with E-state index < -0.39 is 12.1 Å². The Morgan fingerprint density at radius 1 is 1.43 bits per heavy atom. The van der Waals surface area contributed by atoms with E-state index in [1.165, 1.54) is 43.8 Å². The van der Waals surface area contributed by atoms with Gasteiger partial charge in [0.15, 0.2) is 0 Å². The van der Waals surface area contributed by atoms with Crippen LogP contribution in [0.3, 0.4) is 0 Å². The summed E-state index contributed by atoms with van der Waals surface area (Å²) in [6.07, 6.45) is -0.534. The Kier molecular flexibility index (Phi) is 6.31. The number of likely N-dealkylation sites (tertiary alicyclic amines) is 1. The second-order valence-electron chi connectivity index (χ2n) is 7.95. The second-order valence-corrected chi connectivity index (χ2v) is 9.43. The van der Waals surface area contributed by atoms with E-state index in [1.54, 1.807) is 0 Å². The van der Waals surface area contributed by atoms with Crippen LogP contribution in [0.1, 0.15) is 30.7 Å². The molecule has 1 aromatic heterocycles. The molecule has 10 heteroatoms. The summed E-state index contributed by atoms with van der Waals surface area (Å²) in [6.45, 7) is 6.54. The van der Waals surface area contributed by atoms with Crippen LogP contribution in [0.5, 0.6) is 0 Å².